The van der Waals surface area contributed by atoms with Crippen molar-refractivity contribution in [2.24, 2.45) is 5.41 Å². The molecule has 0 aromatic heterocycles. The molecule has 0 unspecified atom stereocenters. The van der Waals surface area contributed by atoms with E-state index in [2.05, 4.69) is 16.0 Å². The Labute approximate surface area is 221 Å². The number of benzene rings is 2. The van der Waals surface area contributed by atoms with Crippen LogP contribution in [-0.2, 0) is 15.0 Å². The van der Waals surface area contributed by atoms with E-state index in [1.165, 1.54) is 24.3 Å². The van der Waals surface area contributed by atoms with Gasteiger partial charge in [0.2, 0.25) is 11.8 Å². The maximum absolute atomic E-state index is 14.9. The Kier molecular flexibility index (Phi) is 7.66. The summed E-state index contributed by atoms with van der Waals surface area (Å²) in [5.41, 5.74) is -0.194. The van der Waals surface area contributed by atoms with Gasteiger partial charge in [-0.2, -0.15) is 0 Å². The minimum Gasteiger partial charge on any atom is -0.393 e. The molecule has 1 fully saturated rings. The van der Waals surface area contributed by atoms with E-state index in [1.54, 1.807) is 12.1 Å². The molecule has 6 nitrogen and oxygen atoms in total. The third-order valence-corrected chi connectivity index (χ3v) is 7.75. The first-order valence-corrected chi connectivity index (χ1v) is 13.0. The molecule has 0 bridgehead atoms. The van der Waals surface area contributed by atoms with Crippen LogP contribution in [0.15, 0.2) is 36.4 Å². The number of carbonyl (C=O) groups excluding carboxylic acids is 2. The second-order valence-corrected chi connectivity index (χ2v) is 11.7. The number of rotatable bonds is 7. The average molecular weight is 534 g/mol. The highest BCUT2D eigenvalue weighted by Gasteiger charge is 2.65. The molecule has 0 aliphatic carbocycles. The number of carbonyl (C=O) groups is 2. The summed E-state index contributed by atoms with van der Waals surface area (Å²) < 4.78 is 28.8. The number of nitrogens with one attached hydrogen (secondary N) is 3. The van der Waals surface area contributed by atoms with Crippen LogP contribution >= 0.6 is 11.6 Å². The summed E-state index contributed by atoms with van der Waals surface area (Å²) in [5, 5.41) is 19.0. The first kappa shape index (κ1) is 27.5. The van der Waals surface area contributed by atoms with Crippen molar-refractivity contribution in [1.82, 2.24) is 10.6 Å². The molecule has 5 atom stereocenters. The van der Waals surface area contributed by atoms with Crippen molar-refractivity contribution in [2.75, 3.05) is 11.9 Å². The highest BCUT2D eigenvalue weighted by molar-refractivity contribution is 6.31. The van der Waals surface area contributed by atoms with Crippen LogP contribution in [-0.4, -0.2) is 41.7 Å². The largest absolute Gasteiger partial charge is 0.393 e. The van der Waals surface area contributed by atoms with E-state index >= 15 is 0 Å². The third kappa shape index (κ3) is 5.11. The lowest BCUT2D eigenvalue weighted by molar-refractivity contribution is -0.123. The molecule has 37 heavy (non-hydrogen) atoms. The summed E-state index contributed by atoms with van der Waals surface area (Å²) in [5.74, 6) is -2.58. The molecule has 0 saturated carbocycles. The lowest BCUT2D eigenvalue weighted by Crippen LogP contribution is -2.49. The second-order valence-electron chi connectivity index (χ2n) is 11.3. The quantitative estimate of drug-likeness (QED) is 0.417. The van der Waals surface area contributed by atoms with Gasteiger partial charge in [0.05, 0.1) is 17.2 Å². The van der Waals surface area contributed by atoms with Gasteiger partial charge in [0, 0.05) is 24.2 Å². The zero-order chi connectivity index (χ0) is 27.1. The zero-order valence-corrected chi connectivity index (χ0v) is 22.3. The minimum absolute atomic E-state index is 0.114. The Morgan fingerprint density at radius 1 is 1.22 bits per heavy atom. The topological polar surface area (TPSA) is 90.5 Å². The lowest BCUT2D eigenvalue weighted by atomic mass is 9.62. The van der Waals surface area contributed by atoms with E-state index < -0.39 is 41.2 Å². The SMILES string of the molecule is CC[C@@H](O)CCNC(=O)[C@@H]1N[C@H](CC(C)(C)C)[C@]2(C(=O)Nc3cc(Cl)c(F)cc32)[C@H]1c1ccc(F)cc1. The number of hydrogen-bond donors (Lipinski definition) is 4. The van der Waals surface area contributed by atoms with Crippen molar-refractivity contribution in [3.8, 4) is 0 Å². The highest BCUT2D eigenvalue weighted by atomic mass is 35.5. The molecule has 200 valence electrons. The number of halogens is 3. The molecule has 2 aromatic rings. The fourth-order valence-corrected chi connectivity index (χ4v) is 5.94. The highest BCUT2D eigenvalue weighted by Crippen LogP contribution is 2.56. The van der Waals surface area contributed by atoms with Crippen molar-refractivity contribution >= 4 is 29.1 Å². The van der Waals surface area contributed by atoms with Gasteiger partial charge in [-0.05, 0) is 60.1 Å². The van der Waals surface area contributed by atoms with Crippen LogP contribution in [0.2, 0.25) is 5.02 Å². The Morgan fingerprint density at radius 3 is 2.51 bits per heavy atom. The molecule has 9 heteroatoms. The normalized spacial score (nSPS) is 25.7. The lowest BCUT2D eigenvalue weighted by Gasteiger charge is -2.37. The Hall–Kier alpha value is -2.55. The van der Waals surface area contributed by atoms with Crippen LogP contribution in [0.1, 0.15) is 64.0 Å². The van der Waals surface area contributed by atoms with Crippen molar-refractivity contribution in [1.29, 1.82) is 0 Å². The summed E-state index contributed by atoms with van der Waals surface area (Å²) in [6.45, 7) is 8.21. The molecule has 1 spiro atoms. The van der Waals surface area contributed by atoms with E-state index in [0.29, 0.717) is 36.1 Å². The standard InChI is InChI=1S/C28H34ClF2N3O3/c1-5-17(35)10-11-32-25(36)24-23(15-6-8-16(30)9-7-15)28(22(34-24)14-27(2,3)4)18-12-20(31)19(29)13-21(18)33-26(28)37/h6-9,12-13,17,22-24,34-35H,5,10-11,14H2,1-4H3,(H,32,36)(H,33,37)/t17-,22-,23+,24-,28+/m1/s1. The van der Waals surface area contributed by atoms with Gasteiger partial charge < -0.3 is 21.1 Å². The molecule has 2 aliphatic heterocycles. The van der Waals surface area contributed by atoms with Crippen molar-refractivity contribution in [3.63, 3.8) is 0 Å². The summed E-state index contributed by atoms with van der Waals surface area (Å²) in [7, 11) is 0. The molecule has 2 heterocycles. The smallest absolute Gasteiger partial charge is 0.237 e. The average Bonchev–Trinajstić information content (AvgIpc) is 3.29. The van der Waals surface area contributed by atoms with Gasteiger partial charge in [-0.3, -0.25) is 9.59 Å². The maximum atomic E-state index is 14.9. The van der Waals surface area contributed by atoms with Gasteiger partial charge in [0.15, 0.2) is 0 Å². The molecule has 1 saturated heterocycles. The van der Waals surface area contributed by atoms with E-state index in [-0.39, 0.29) is 28.8 Å². The Balaban J connectivity index is 1.88. The van der Waals surface area contributed by atoms with Gasteiger partial charge in [-0.25, -0.2) is 8.78 Å². The predicted octanol–water partition coefficient (Wildman–Crippen LogP) is 4.65. The molecule has 0 radical (unpaired) electrons. The second kappa shape index (κ2) is 10.3. The Morgan fingerprint density at radius 2 is 1.89 bits per heavy atom. The first-order valence-electron chi connectivity index (χ1n) is 12.7. The van der Waals surface area contributed by atoms with E-state index in [9.17, 15) is 23.5 Å². The Bertz CT molecular complexity index is 1180. The van der Waals surface area contributed by atoms with Crippen LogP contribution in [0.25, 0.3) is 0 Å². The van der Waals surface area contributed by atoms with Crippen molar-refractivity contribution < 1.29 is 23.5 Å². The van der Waals surface area contributed by atoms with Gasteiger partial charge in [-0.1, -0.05) is 51.4 Å². The fourth-order valence-electron chi connectivity index (χ4n) is 5.78. The van der Waals surface area contributed by atoms with Crippen LogP contribution in [0, 0.1) is 17.0 Å². The summed E-state index contributed by atoms with van der Waals surface area (Å²) in [6, 6.07) is 7.00. The first-order chi connectivity index (χ1) is 17.4. The fraction of sp³-hybridized carbons (Fsp3) is 0.500. The maximum Gasteiger partial charge on any atom is 0.237 e. The van der Waals surface area contributed by atoms with E-state index in [1.807, 2.05) is 27.7 Å². The van der Waals surface area contributed by atoms with Crippen molar-refractivity contribution in [2.45, 2.75) is 76.5 Å². The molecule has 4 N–H and O–H groups in total. The predicted molar refractivity (Wildman–Crippen MR) is 140 cm³/mol. The van der Waals surface area contributed by atoms with E-state index in [4.69, 9.17) is 11.6 Å². The van der Waals surface area contributed by atoms with Crippen LogP contribution in [0.3, 0.4) is 0 Å². The summed E-state index contributed by atoms with van der Waals surface area (Å²) in [6.07, 6.45) is 0.919. The van der Waals surface area contributed by atoms with Crippen molar-refractivity contribution in [3.05, 3.63) is 64.2 Å². The molecule has 2 aliphatic rings. The number of fused-ring (bicyclic) bond motifs is 2. The van der Waals surface area contributed by atoms with Crippen LogP contribution in [0.4, 0.5) is 14.5 Å². The van der Waals surface area contributed by atoms with E-state index in [0.717, 1.165) is 0 Å². The molecule has 2 aromatic carbocycles. The van der Waals surface area contributed by atoms with Crippen LogP contribution in [0.5, 0.6) is 0 Å². The zero-order valence-electron chi connectivity index (χ0n) is 21.5. The number of aliphatic hydroxyl groups excluding tert-OH is 1. The molecule has 2 amide bonds. The summed E-state index contributed by atoms with van der Waals surface area (Å²) in [4.78, 5) is 27.6. The van der Waals surface area contributed by atoms with Gasteiger partial charge >= 0.3 is 0 Å². The molecular weight excluding hydrogens is 500 g/mol. The number of aliphatic hydroxyl groups is 1. The molecular formula is C28H34ClF2N3O3. The van der Waals surface area contributed by atoms with Gasteiger partial charge in [0.1, 0.15) is 17.0 Å². The number of anilines is 1. The number of hydrogen-bond acceptors (Lipinski definition) is 4. The van der Waals surface area contributed by atoms with Gasteiger partial charge in [0.25, 0.3) is 0 Å². The monoisotopic (exact) mass is 533 g/mol. The van der Waals surface area contributed by atoms with Crippen LogP contribution < -0.4 is 16.0 Å². The van der Waals surface area contributed by atoms with Gasteiger partial charge in [-0.15, -0.1) is 0 Å². The molecule has 4 rings (SSSR count). The summed E-state index contributed by atoms with van der Waals surface area (Å²) >= 11 is 6.05. The number of amides is 2. The third-order valence-electron chi connectivity index (χ3n) is 7.46. The minimum atomic E-state index is -1.35.